The summed E-state index contributed by atoms with van der Waals surface area (Å²) in [5.74, 6) is 1.79. The Bertz CT molecular complexity index is 1080. The second kappa shape index (κ2) is 9.87. The van der Waals surface area contributed by atoms with Crippen LogP contribution in [0.15, 0.2) is 52.9 Å². The number of carbonyl (C=O) groups is 1. The highest BCUT2D eigenvalue weighted by Crippen LogP contribution is 2.41. The lowest BCUT2D eigenvalue weighted by Crippen LogP contribution is -2.36. The third-order valence-electron chi connectivity index (χ3n) is 5.86. The summed E-state index contributed by atoms with van der Waals surface area (Å²) in [6.07, 6.45) is 0.752. The fourth-order valence-corrected chi connectivity index (χ4v) is 4.24. The lowest BCUT2D eigenvalue weighted by molar-refractivity contribution is -0.125. The number of rotatable bonds is 8. The minimum absolute atomic E-state index is 0.363. The van der Waals surface area contributed by atoms with Gasteiger partial charge < -0.3 is 28.3 Å². The van der Waals surface area contributed by atoms with Crippen LogP contribution in [0.5, 0.6) is 11.5 Å². The van der Waals surface area contributed by atoms with Gasteiger partial charge in [0.1, 0.15) is 28.0 Å². The summed E-state index contributed by atoms with van der Waals surface area (Å²) in [6.45, 7) is 3.07. The number of nitrogens with zero attached hydrogens (tertiary/aromatic N) is 1. The highest BCUT2D eigenvalue weighted by molar-refractivity contribution is 6.33. The number of benzene rings is 2. The standard InChI is InChI=1S/C25H26ClNO6/c1-29-21-14-17(15-22(30-2)24(21)26)20-8-9-23(33-20)25(16-28,31-3)18-4-6-19(7-5-18)27-10-12-32-13-11-27/h4-9,14-16H,10-13H2,1-3H3. The summed E-state index contributed by atoms with van der Waals surface area (Å²) in [5, 5.41) is 0.370. The van der Waals surface area contributed by atoms with Crippen molar-refractivity contribution in [2.24, 2.45) is 0 Å². The smallest absolute Gasteiger partial charge is 0.205 e. The van der Waals surface area contributed by atoms with E-state index in [1.807, 2.05) is 24.3 Å². The van der Waals surface area contributed by atoms with E-state index in [1.54, 1.807) is 24.3 Å². The maximum Gasteiger partial charge on any atom is 0.205 e. The Morgan fingerprint density at radius 3 is 2.15 bits per heavy atom. The van der Waals surface area contributed by atoms with Gasteiger partial charge >= 0.3 is 0 Å². The van der Waals surface area contributed by atoms with Crippen molar-refractivity contribution in [1.29, 1.82) is 0 Å². The van der Waals surface area contributed by atoms with Gasteiger partial charge in [0.25, 0.3) is 0 Å². The zero-order valence-corrected chi connectivity index (χ0v) is 19.6. The van der Waals surface area contributed by atoms with Gasteiger partial charge in [-0.1, -0.05) is 23.7 Å². The molecule has 174 valence electrons. The summed E-state index contributed by atoms with van der Waals surface area (Å²) in [4.78, 5) is 14.6. The van der Waals surface area contributed by atoms with Crippen LogP contribution < -0.4 is 14.4 Å². The molecule has 1 aromatic heterocycles. The number of ether oxygens (including phenoxy) is 4. The molecule has 1 saturated heterocycles. The third kappa shape index (κ3) is 4.31. The molecule has 2 aromatic carbocycles. The van der Waals surface area contributed by atoms with Crippen molar-refractivity contribution < 1.29 is 28.2 Å². The Kier molecular flexibility index (Phi) is 6.93. The maximum atomic E-state index is 12.4. The third-order valence-corrected chi connectivity index (χ3v) is 6.24. The van der Waals surface area contributed by atoms with Crippen LogP contribution in [-0.4, -0.2) is 53.9 Å². The van der Waals surface area contributed by atoms with E-state index in [1.165, 1.54) is 21.3 Å². The van der Waals surface area contributed by atoms with Crippen LogP contribution >= 0.6 is 11.6 Å². The summed E-state index contributed by atoms with van der Waals surface area (Å²) in [5.41, 5.74) is 1.04. The predicted octanol–water partition coefficient (Wildman–Crippen LogP) is 4.54. The molecule has 33 heavy (non-hydrogen) atoms. The van der Waals surface area contributed by atoms with Gasteiger partial charge in [0.2, 0.25) is 5.60 Å². The zero-order chi connectivity index (χ0) is 23.4. The normalized spacial score (nSPS) is 15.7. The Morgan fingerprint density at radius 1 is 0.970 bits per heavy atom. The Morgan fingerprint density at radius 2 is 1.61 bits per heavy atom. The molecule has 0 amide bonds. The van der Waals surface area contributed by atoms with E-state index in [4.69, 9.17) is 35.0 Å². The molecule has 1 aliphatic rings. The number of hydrogen-bond donors (Lipinski definition) is 0. The average Bonchev–Trinajstić information content (AvgIpc) is 3.37. The molecule has 2 heterocycles. The number of hydrogen-bond acceptors (Lipinski definition) is 7. The van der Waals surface area contributed by atoms with Gasteiger partial charge in [0.05, 0.1) is 27.4 Å². The lowest BCUT2D eigenvalue weighted by Gasteiger charge is -2.30. The number of furan rings is 1. The van der Waals surface area contributed by atoms with Crippen molar-refractivity contribution in [2.45, 2.75) is 5.60 Å². The lowest BCUT2D eigenvalue weighted by atomic mass is 9.92. The molecular formula is C25H26ClNO6. The van der Waals surface area contributed by atoms with Crippen LogP contribution in [0.25, 0.3) is 11.3 Å². The topological polar surface area (TPSA) is 70.4 Å². The van der Waals surface area contributed by atoms with E-state index in [-0.39, 0.29) is 0 Å². The second-order valence-electron chi connectivity index (χ2n) is 7.56. The summed E-state index contributed by atoms with van der Waals surface area (Å²) >= 11 is 6.28. The van der Waals surface area contributed by atoms with Crippen LogP contribution in [-0.2, 0) is 19.9 Å². The number of halogens is 1. The largest absolute Gasteiger partial charge is 0.495 e. The zero-order valence-electron chi connectivity index (χ0n) is 18.8. The molecule has 8 heteroatoms. The highest BCUT2D eigenvalue weighted by atomic mass is 35.5. The molecule has 3 aromatic rings. The van der Waals surface area contributed by atoms with Crippen molar-refractivity contribution in [3.05, 3.63) is 64.9 Å². The Labute approximate surface area is 197 Å². The molecule has 0 saturated carbocycles. The molecule has 1 aliphatic heterocycles. The van der Waals surface area contributed by atoms with Crippen molar-refractivity contribution >= 4 is 23.6 Å². The molecule has 0 bridgehead atoms. The van der Waals surface area contributed by atoms with Crippen LogP contribution in [0.2, 0.25) is 5.02 Å². The molecule has 1 unspecified atom stereocenters. The van der Waals surface area contributed by atoms with Gasteiger partial charge in [-0.05, 0) is 42.0 Å². The molecule has 7 nitrogen and oxygen atoms in total. The van der Waals surface area contributed by atoms with Crippen molar-refractivity contribution in [1.82, 2.24) is 0 Å². The monoisotopic (exact) mass is 471 g/mol. The second-order valence-corrected chi connectivity index (χ2v) is 7.94. The molecular weight excluding hydrogens is 446 g/mol. The van der Waals surface area contributed by atoms with Crippen molar-refractivity contribution in [3.8, 4) is 22.8 Å². The Balaban J connectivity index is 1.69. The van der Waals surface area contributed by atoms with E-state index < -0.39 is 5.60 Å². The van der Waals surface area contributed by atoms with Crippen LogP contribution in [0.3, 0.4) is 0 Å². The first kappa shape index (κ1) is 23.2. The number of methoxy groups -OCH3 is 3. The number of morpholine rings is 1. The summed E-state index contributed by atoms with van der Waals surface area (Å²) in [7, 11) is 4.54. The van der Waals surface area contributed by atoms with Crippen LogP contribution in [0.4, 0.5) is 5.69 Å². The number of aldehydes is 1. The SMILES string of the molecule is COc1cc(-c2ccc(C(C=O)(OC)c3ccc(N4CCOCC4)cc3)o2)cc(OC)c1Cl. The quantitative estimate of drug-likeness (QED) is 0.446. The van der Waals surface area contributed by atoms with E-state index in [2.05, 4.69) is 4.90 Å². The van der Waals surface area contributed by atoms with Crippen LogP contribution in [0, 0.1) is 0 Å². The van der Waals surface area contributed by atoms with Gasteiger partial charge in [0, 0.05) is 31.5 Å². The highest BCUT2D eigenvalue weighted by Gasteiger charge is 2.38. The Hall–Kier alpha value is -3.00. The van der Waals surface area contributed by atoms with Crippen molar-refractivity contribution in [3.63, 3.8) is 0 Å². The first-order valence-electron chi connectivity index (χ1n) is 10.5. The molecule has 0 aliphatic carbocycles. The van der Waals surface area contributed by atoms with Gasteiger partial charge in [-0.25, -0.2) is 0 Å². The average molecular weight is 472 g/mol. The van der Waals surface area contributed by atoms with Gasteiger partial charge in [0.15, 0.2) is 6.29 Å². The first-order valence-corrected chi connectivity index (χ1v) is 10.9. The number of carbonyl (C=O) groups excluding carboxylic acids is 1. The maximum absolute atomic E-state index is 12.4. The molecule has 0 radical (unpaired) electrons. The summed E-state index contributed by atoms with van der Waals surface area (Å²) < 4.78 is 28.0. The fraction of sp³-hybridized carbons (Fsp3) is 0.320. The molecule has 4 rings (SSSR count). The first-order chi connectivity index (χ1) is 16.1. The summed E-state index contributed by atoms with van der Waals surface area (Å²) in [6, 6.07) is 14.7. The molecule has 1 atom stereocenters. The van der Waals surface area contributed by atoms with Crippen molar-refractivity contribution in [2.75, 3.05) is 52.5 Å². The molecule has 0 N–H and O–H groups in total. The predicted molar refractivity (Wildman–Crippen MR) is 126 cm³/mol. The molecule has 0 spiro atoms. The minimum Gasteiger partial charge on any atom is -0.495 e. The van der Waals surface area contributed by atoms with E-state index >= 15 is 0 Å². The van der Waals surface area contributed by atoms with E-state index in [9.17, 15) is 4.79 Å². The van der Waals surface area contributed by atoms with Gasteiger partial charge in [-0.15, -0.1) is 0 Å². The fourth-order valence-electron chi connectivity index (χ4n) is 3.98. The number of anilines is 1. The van der Waals surface area contributed by atoms with Gasteiger partial charge in [-0.3, -0.25) is 4.79 Å². The minimum atomic E-state index is -1.39. The molecule has 1 fully saturated rings. The van der Waals surface area contributed by atoms with Gasteiger partial charge in [-0.2, -0.15) is 0 Å². The van der Waals surface area contributed by atoms with E-state index in [0.29, 0.717) is 52.4 Å². The van der Waals surface area contributed by atoms with Crippen LogP contribution in [0.1, 0.15) is 11.3 Å². The van der Waals surface area contributed by atoms with E-state index in [0.717, 1.165) is 25.1 Å².